The first kappa shape index (κ1) is 18.2. The molecule has 1 heterocycles. The highest BCUT2D eigenvalue weighted by Crippen LogP contribution is 2.20. The maximum absolute atomic E-state index is 5.84. The Bertz CT molecular complexity index is 286. The monoisotopic (exact) mass is 298 g/mol. The van der Waals surface area contributed by atoms with E-state index in [1.807, 2.05) is 6.92 Å². The predicted octanol–water partition coefficient (Wildman–Crippen LogP) is 1.69. The minimum atomic E-state index is 0.562. The third-order valence-corrected chi connectivity index (χ3v) is 3.83. The highest BCUT2D eigenvalue weighted by Gasteiger charge is 2.20. The van der Waals surface area contributed by atoms with Gasteiger partial charge in [-0.25, -0.2) is 0 Å². The van der Waals surface area contributed by atoms with E-state index < -0.39 is 0 Å². The zero-order valence-corrected chi connectivity index (χ0v) is 14.1. The van der Waals surface area contributed by atoms with Crippen LogP contribution in [-0.2, 0) is 4.74 Å². The summed E-state index contributed by atoms with van der Waals surface area (Å²) >= 11 is 0. The second-order valence-corrected chi connectivity index (χ2v) is 6.30. The van der Waals surface area contributed by atoms with E-state index in [0.717, 1.165) is 57.5 Å². The van der Waals surface area contributed by atoms with Crippen LogP contribution in [0.1, 0.15) is 40.0 Å². The number of nitrogens with two attached hydrogens (primary N) is 1. The molecule has 0 aromatic carbocycles. The van der Waals surface area contributed by atoms with Gasteiger partial charge in [-0.3, -0.25) is 4.99 Å². The van der Waals surface area contributed by atoms with Crippen molar-refractivity contribution in [2.45, 2.75) is 40.0 Å². The smallest absolute Gasteiger partial charge is 0.188 e. The average molecular weight is 298 g/mol. The number of aliphatic imine (C=N–C) groups is 1. The van der Waals surface area contributed by atoms with Gasteiger partial charge < -0.3 is 20.7 Å². The molecule has 1 fully saturated rings. The topological polar surface area (TPSA) is 62.9 Å². The van der Waals surface area contributed by atoms with Crippen molar-refractivity contribution in [1.82, 2.24) is 10.2 Å². The Morgan fingerprint density at radius 2 is 2.00 bits per heavy atom. The number of ether oxygens (including phenoxy) is 1. The maximum Gasteiger partial charge on any atom is 0.188 e. The second kappa shape index (κ2) is 10.9. The molecule has 1 aliphatic rings. The molecule has 0 aromatic rings. The number of nitrogens with zero attached hydrogens (tertiary/aromatic N) is 2. The Kier molecular flexibility index (Phi) is 9.42. The Labute approximate surface area is 130 Å². The lowest BCUT2D eigenvalue weighted by molar-refractivity contribution is 0.140. The molecule has 124 valence electrons. The first-order valence-corrected chi connectivity index (χ1v) is 8.45. The van der Waals surface area contributed by atoms with Gasteiger partial charge in [0.2, 0.25) is 0 Å². The molecule has 0 bridgehead atoms. The second-order valence-electron chi connectivity index (χ2n) is 6.30. The van der Waals surface area contributed by atoms with Crippen molar-refractivity contribution in [2.24, 2.45) is 22.6 Å². The third kappa shape index (κ3) is 8.94. The van der Waals surface area contributed by atoms with Crippen LogP contribution in [0, 0.1) is 11.8 Å². The molecule has 0 spiro atoms. The van der Waals surface area contributed by atoms with Crippen molar-refractivity contribution in [2.75, 3.05) is 45.9 Å². The van der Waals surface area contributed by atoms with E-state index in [2.05, 4.69) is 29.1 Å². The lowest BCUT2D eigenvalue weighted by atomic mass is 9.92. The van der Waals surface area contributed by atoms with Gasteiger partial charge in [0.25, 0.3) is 0 Å². The lowest BCUT2D eigenvalue weighted by Crippen LogP contribution is -2.40. The molecule has 5 nitrogen and oxygen atoms in total. The van der Waals surface area contributed by atoms with Crippen molar-refractivity contribution in [3.8, 4) is 0 Å². The third-order valence-electron chi connectivity index (χ3n) is 3.83. The van der Waals surface area contributed by atoms with Crippen molar-refractivity contribution < 1.29 is 4.74 Å². The summed E-state index contributed by atoms with van der Waals surface area (Å²) in [6, 6.07) is 0. The van der Waals surface area contributed by atoms with Gasteiger partial charge >= 0.3 is 0 Å². The Morgan fingerprint density at radius 1 is 1.29 bits per heavy atom. The SMILES string of the molecule is CCOCCCN=C(N)NCCCN1CC(C)CC(C)C1. The average Bonchev–Trinajstić information content (AvgIpc) is 2.42. The van der Waals surface area contributed by atoms with Crippen LogP contribution in [-0.4, -0.2) is 56.8 Å². The molecule has 0 aromatic heterocycles. The van der Waals surface area contributed by atoms with Crippen LogP contribution in [0.2, 0.25) is 0 Å². The van der Waals surface area contributed by atoms with Gasteiger partial charge in [-0.2, -0.15) is 0 Å². The standard InChI is InChI=1S/C16H34N4O/c1-4-21-10-6-8-19-16(17)18-7-5-9-20-12-14(2)11-15(3)13-20/h14-15H,4-13H2,1-3H3,(H3,17,18,19). The van der Waals surface area contributed by atoms with E-state index in [1.54, 1.807) is 0 Å². The molecular weight excluding hydrogens is 264 g/mol. The summed E-state index contributed by atoms with van der Waals surface area (Å²) in [4.78, 5) is 6.87. The van der Waals surface area contributed by atoms with E-state index in [9.17, 15) is 0 Å². The molecule has 1 saturated heterocycles. The normalized spacial score (nSPS) is 24.2. The maximum atomic E-state index is 5.84. The summed E-state index contributed by atoms with van der Waals surface area (Å²) in [6.45, 7) is 13.5. The zero-order valence-electron chi connectivity index (χ0n) is 14.1. The van der Waals surface area contributed by atoms with E-state index in [4.69, 9.17) is 10.5 Å². The quantitative estimate of drug-likeness (QED) is 0.386. The summed E-state index contributed by atoms with van der Waals surface area (Å²) in [6.07, 6.45) is 3.42. The molecule has 0 saturated carbocycles. The summed E-state index contributed by atoms with van der Waals surface area (Å²) in [5.41, 5.74) is 5.84. The Morgan fingerprint density at radius 3 is 2.67 bits per heavy atom. The van der Waals surface area contributed by atoms with Gasteiger partial charge in [0.15, 0.2) is 5.96 Å². The molecule has 0 radical (unpaired) electrons. The Hall–Kier alpha value is -0.810. The number of hydrogen-bond donors (Lipinski definition) is 2. The van der Waals surface area contributed by atoms with E-state index >= 15 is 0 Å². The van der Waals surface area contributed by atoms with Crippen LogP contribution in [0.4, 0.5) is 0 Å². The molecule has 0 aliphatic carbocycles. The van der Waals surface area contributed by atoms with E-state index in [1.165, 1.54) is 19.5 Å². The van der Waals surface area contributed by atoms with Crippen LogP contribution in [0.15, 0.2) is 4.99 Å². The summed E-state index contributed by atoms with van der Waals surface area (Å²) in [7, 11) is 0. The summed E-state index contributed by atoms with van der Waals surface area (Å²) in [5, 5.41) is 3.20. The first-order valence-electron chi connectivity index (χ1n) is 8.45. The first-order chi connectivity index (χ1) is 10.1. The number of hydrogen-bond acceptors (Lipinski definition) is 3. The molecule has 2 unspecified atom stereocenters. The fourth-order valence-corrected chi connectivity index (χ4v) is 3.06. The number of nitrogens with one attached hydrogen (secondary N) is 1. The van der Waals surface area contributed by atoms with Gasteiger partial charge in [0, 0.05) is 39.4 Å². The van der Waals surface area contributed by atoms with Gasteiger partial charge in [-0.05, 0) is 44.6 Å². The largest absolute Gasteiger partial charge is 0.382 e. The van der Waals surface area contributed by atoms with Crippen LogP contribution >= 0.6 is 0 Å². The Balaban J connectivity index is 2.03. The minimum absolute atomic E-state index is 0.562. The van der Waals surface area contributed by atoms with Crippen LogP contribution < -0.4 is 11.1 Å². The molecular formula is C16H34N4O. The molecule has 1 rings (SSSR count). The highest BCUT2D eigenvalue weighted by atomic mass is 16.5. The van der Waals surface area contributed by atoms with Gasteiger partial charge in [0.05, 0.1) is 0 Å². The fourth-order valence-electron chi connectivity index (χ4n) is 3.06. The minimum Gasteiger partial charge on any atom is -0.382 e. The predicted molar refractivity (Wildman–Crippen MR) is 89.6 cm³/mol. The van der Waals surface area contributed by atoms with Gasteiger partial charge in [0.1, 0.15) is 0 Å². The number of likely N-dealkylation sites (tertiary alicyclic amines) is 1. The molecule has 3 N–H and O–H groups in total. The van der Waals surface area contributed by atoms with Crippen molar-refractivity contribution in [3.05, 3.63) is 0 Å². The van der Waals surface area contributed by atoms with Crippen LogP contribution in [0.3, 0.4) is 0 Å². The molecule has 5 heteroatoms. The van der Waals surface area contributed by atoms with Crippen molar-refractivity contribution in [1.29, 1.82) is 0 Å². The summed E-state index contributed by atoms with van der Waals surface area (Å²) in [5.74, 6) is 2.23. The van der Waals surface area contributed by atoms with E-state index in [-0.39, 0.29) is 0 Å². The molecule has 2 atom stereocenters. The number of rotatable bonds is 9. The zero-order chi connectivity index (χ0) is 15.5. The van der Waals surface area contributed by atoms with Crippen LogP contribution in [0.25, 0.3) is 0 Å². The summed E-state index contributed by atoms with van der Waals surface area (Å²) < 4.78 is 5.26. The van der Waals surface area contributed by atoms with Gasteiger partial charge in [-0.15, -0.1) is 0 Å². The van der Waals surface area contributed by atoms with Crippen LogP contribution in [0.5, 0.6) is 0 Å². The molecule has 21 heavy (non-hydrogen) atoms. The molecule has 1 aliphatic heterocycles. The van der Waals surface area contributed by atoms with Gasteiger partial charge in [-0.1, -0.05) is 13.8 Å². The van der Waals surface area contributed by atoms with Crippen molar-refractivity contribution in [3.63, 3.8) is 0 Å². The number of piperidine rings is 1. The number of guanidine groups is 1. The lowest BCUT2D eigenvalue weighted by Gasteiger charge is -2.34. The molecule has 0 amide bonds. The van der Waals surface area contributed by atoms with Crippen molar-refractivity contribution >= 4 is 5.96 Å². The fraction of sp³-hybridized carbons (Fsp3) is 0.938. The highest BCUT2D eigenvalue weighted by molar-refractivity contribution is 5.77. The van der Waals surface area contributed by atoms with E-state index in [0.29, 0.717) is 5.96 Å².